The van der Waals surface area contributed by atoms with E-state index in [1.165, 1.54) is 49.0 Å². The van der Waals surface area contributed by atoms with Crippen LogP contribution in [0.3, 0.4) is 0 Å². The average molecular weight is 289 g/mol. The molecule has 0 saturated carbocycles. The number of piperidine rings is 1. The van der Waals surface area contributed by atoms with Crippen LogP contribution in [0.25, 0.3) is 0 Å². The number of hydrogen-bond donors (Lipinski definition) is 2. The van der Waals surface area contributed by atoms with E-state index in [0.717, 1.165) is 6.42 Å². The molecule has 1 aliphatic rings. The topological polar surface area (TPSA) is 41.3 Å². The summed E-state index contributed by atoms with van der Waals surface area (Å²) < 4.78 is 0. The Morgan fingerprint density at radius 2 is 1.86 bits per heavy atom. The van der Waals surface area contributed by atoms with Gasteiger partial charge in [0.25, 0.3) is 0 Å². The maximum absolute atomic E-state index is 5.98. The molecule has 3 heteroatoms. The number of benzene rings is 1. The quantitative estimate of drug-likeness (QED) is 0.644. The van der Waals surface area contributed by atoms with Crippen LogP contribution in [0.5, 0.6) is 0 Å². The van der Waals surface area contributed by atoms with Crippen molar-refractivity contribution in [3.05, 3.63) is 34.9 Å². The first-order chi connectivity index (χ1) is 10.0. The lowest BCUT2D eigenvalue weighted by Crippen LogP contribution is -2.57. The summed E-state index contributed by atoms with van der Waals surface area (Å²) in [4.78, 5) is 2.64. The van der Waals surface area contributed by atoms with E-state index in [-0.39, 0.29) is 11.6 Å². The number of rotatable bonds is 5. The van der Waals surface area contributed by atoms with Gasteiger partial charge in [-0.1, -0.05) is 31.5 Å². The van der Waals surface area contributed by atoms with Crippen LogP contribution in [0.15, 0.2) is 18.2 Å². The minimum Gasteiger partial charge on any atom is -0.296 e. The molecule has 2 rings (SSSR count). The lowest BCUT2D eigenvalue weighted by molar-refractivity contribution is 0.0424. The second-order valence-corrected chi connectivity index (χ2v) is 6.70. The predicted molar refractivity (Wildman–Crippen MR) is 90.1 cm³/mol. The summed E-state index contributed by atoms with van der Waals surface area (Å²) in [6, 6.07) is 6.89. The fourth-order valence-corrected chi connectivity index (χ4v) is 3.59. The van der Waals surface area contributed by atoms with Crippen molar-refractivity contribution in [1.82, 2.24) is 10.3 Å². The molecular weight excluding hydrogens is 258 g/mol. The number of nitrogens with zero attached hydrogens (tertiary/aromatic N) is 1. The van der Waals surface area contributed by atoms with Gasteiger partial charge in [0.2, 0.25) is 0 Å². The SMILES string of the molecule is CCC(C)(C(NN)c1ccc(C)c(C)c1)N1CCCCC1. The normalized spacial score (nSPS) is 21.0. The zero-order valence-electron chi connectivity index (χ0n) is 14.1. The fraction of sp³-hybridized carbons (Fsp3) is 0.667. The van der Waals surface area contributed by atoms with Gasteiger partial charge in [-0.05, 0) is 69.8 Å². The van der Waals surface area contributed by atoms with Gasteiger partial charge in [-0.25, -0.2) is 0 Å². The van der Waals surface area contributed by atoms with Gasteiger partial charge in [0.05, 0.1) is 6.04 Å². The number of aryl methyl sites for hydroxylation is 2. The van der Waals surface area contributed by atoms with Crippen LogP contribution in [-0.4, -0.2) is 23.5 Å². The summed E-state index contributed by atoms with van der Waals surface area (Å²) in [6.07, 6.45) is 5.06. The summed E-state index contributed by atoms with van der Waals surface area (Å²) >= 11 is 0. The summed E-state index contributed by atoms with van der Waals surface area (Å²) in [5.74, 6) is 5.98. The fourth-order valence-electron chi connectivity index (χ4n) is 3.59. The van der Waals surface area contributed by atoms with Gasteiger partial charge >= 0.3 is 0 Å². The minimum absolute atomic E-state index is 0.0663. The lowest BCUT2D eigenvalue weighted by atomic mass is 9.81. The molecule has 1 fully saturated rings. The van der Waals surface area contributed by atoms with Crippen molar-refractivity contribution in [1.29, 1.82) is 0 Å². The smallest absolute Gasteiger partial charge is 0.0641 e. The Bertz CT molecular complexity index is 466. The van der Waals surface area contributed by atoms with Gasteiger partial charge in [-0.3, -0.25) is 16.2 Å². The molecule has 0 bridgehead atoms. The van der Waals surface area contributed by atoms with E-state index < -0.39 is 0 Å². The Morgan fingerprint density at radius 3 is 2.38 bits per heavy atom. The van der Waals surface area contributed by atoms with Gasteiger partial charge in [-0.2, -0.15) is 0 Å². The first-order valence-electron chi connectivity index (χ1n) is 8.31. The summed E-state index contributed by atoms with van der Waals surface area (Å²) in [5, 5.41) is 0. The highest BCUT2D eigenvalue weighted by Gasteiger charge is 2.39. The molecule has 1 heterocycles. The number of likely N-dealkylation sites (tertiary alicyclic amines) is 1. The van der Waals surface area contributed by atoms with Crippen LogP contribution in [0.1, 0.15) is 62.3 Å². The second-order valence-electron chi connectivity index (χ2n) is 6.70. The van der Waals surface area contributed by atoms with E-state index in [9.17, 15) is 0 Å². The Kier molecular flexibility index (Phi) is 5.42. The molecule has 3 nitrogen and oxygen atoms in total. The molecule has 2 unspecified atom stereocenters. The van der Waals surface area contributed by atoms with Crippen molar-refractivity contribution >= 4 is 0 Å². The molecule has 21 heavy (non-hydrogen) atoms. The van der Waals surface area contributed by atoms with Gasteiger partial charge in [0.1, 0.15) is 0 Å². The van der Waals surface area contributed by atoms with Crippen LogP contribution >= 0.6 is 0 Å². The molecule has 2 atom stereocenters. The van der Waals surface area contributed by atoms with E-state index in [1.54, 1.807) is 0 Å². The molecule has 118 valence electrons. The molecule has 0 amide bonds. The summed E-state index contributed by atoms with van der Waals surface area (Å²) in [5.41, 5.74) is 7.16. The Balaban J connectivity index is 2.33. The number of hydrogen-bond acceptors (Lipinski definition) is 3. The largest absolute Gasteiger partial charge is 0.296 e. The van der Waals surface area contributed by atoms with Crippen molar-refractivity contribution in [2.45, 2.75) is 65.0 Å². The van der Waals surface area contributed by atoms with Gasteiger partial charge < -0.3 is 0 Å². The number of hydrazine groups is 1. The van der Waals surface area contributed by atoms with Crippen LogP contribution in [0.4, 0.5) is 0 Å². The van der Waals surface area contributed by atoms with E-state index in [2.05, 4.69) is 56.2 Å². The highest BCUT2D eigenvalue weighted by molar-refractivity contribution is 5.33. The van der Waals surface area contributed by atoms with E-state index in [0.29, 0.717) is 0 Å². The maximum Gasteiger partial charge on any atom is 0.0641 e. The maximum atomic E-state index is 5.98. The minimum atomic E-state index is 0.0663. The van der Waals surface area contributed by atoms with Crippen molar-refractivity contribution < 1.29 is 0 Å². The van der Waals surface area contributed by atoms with Crippen LogP contribution in [0.2, 0.25) is 0 Å². The predicted octanol–water partition coefficient (Wildman–Crippen LogP) is 3.46. The molecule has 0 aromatic heterocycles. The van der Waals surface area contributed by atoms with Crippen LogP contribution in [0, 0.1) is 13.8 Å². The first-order valence-corrected chi connectivity index (χ1v) is 8.31. The Labute approximate surface area is 129 Å². The van der Waals surface area contributed by atoms with E-state index >= 15 is 0 Å². The third-order valence-corrected chi connectivity index (χ3v) is 5.45. The molecule has 0 radical (unpaired) electrons. The summed E-state index contributed by atoms with van der Waals surface area (Å²) in [6.45, 7) is 11.4. The van der Waals surface area contributed by atoms with Gasteiger partial charge in [0, 0.05) is 5.54 Å². The molecule has 1 saturated heterocycles. The summed E-state index contributed by atoms with van der Waals surface area (Å²) in [7, 11) is 0. The Morgan fingerprint density at radius 1 is 1.19 bits per heavy atom. The van der Waals surface area contributed by atoms with Crippen molar-refractivity contribution in [3.8, 4) is 0 Å². The average Bonchev–Trinajstić information content (AvgIpc) is 2.52. The lowest BCUT2D eigenvalue weighted by Gasteiger charge is -2.48. The molecule has 1 aromatic rings. The Hall–Kier alpha value is -0.900. The highest BCUT2D eigenvalue weighted by atomic mass is 15.3. The van der Waals surface area contributed by atoms with Crippen molar-refractivity contribution in [2.75, 3.05) is 13.1 Å². The standard InChI is InChI=1S/C18H31N3/c1-5-18(4,21-11-7-6-8-12-21)17(20-19)16-10-9-14(2)15(3)13-16/h9-10,13,17,20H,5-8,11-12,19H2,1-4H3. The van der Waals surface area contributed by atoms with Gasteiger partial charge in [-0.15, -0.1) is 0 Å². The number of nitrogens with two attached hydrogens (primary N) is 1. The second kappa shape index (κ2) is 6.91. The number of nitrogens with one attached hydrogen (secondary N) is 1. The monoisotopic (exact) mass is 289 g/mol. The third kappa shape index (κ3) is 3.31. The molecular formula is C18H31N3. The zero-order chi connectivity index (χ0) is 15.5. The zero-order valence-corrected chi connectivity index (χ0v) is 14.1. The molecule has 0 spiro atoms. The van der Waals surface area contributed by atoms with Crippen LogP contribution in [-0.2, 0) is 0 Å². The van der Waals surface area contributed by atoms with Gasteiger partial charge in [0.15, 0.2) is 0 Å². The van der Waals surface area contributed by atoms with E-state index in [1.807, 2.05) is 0 Å². The van der Waals surface area contributed by atoms with Crippen LogP contribution < -0.4 is 11.3 Å². The van der Waals surface area contributed by atoms with Crippen molar-refractivity contribution in [2.24, 2.45) is 5.84 Å². The van der Waals surface area contributed by atoms with E-state index in [4.69, 9.17) is 5.84 Å². The molecule has 3 N–H and O–H groups in total. The molecule has 1 aromatic carbocycles. The first kappa shape index (κ1) is 16.5. The highest BCUT2D eigenvalue weighted by Crippen LogP contribution is 2.36. The molecule has 1 aliphatic heterocycles. The molecule has 0 aliphatic carbocycles. The van der Waals surface area contributed by atoms with Crippen molar-refractivity contribution in [3.63, 3.8) is 0 Å². The third-order valence-electron chi connectivity index (χ3n) is 5.45.